The van der Waals surface area contributed by atoms with E-state index in [1.165, 1.54) is 5.56 Å². The van der Waals surface area contributed by atoms with Gasteiger partial charge in [0.2, 0.25) is 5.91 Å². The third-order valence-corrected chi connectivity index (χ3v) is 2.59. The third-order valence-electron chi connectivity index (χ3n) is 2.59. The molecule has 0 fully saturated rings. The summed E-state index contributed by atoms with van der Waals surface area (Å²) < 4.78 is 0. The van der Waals surface area contributed by atoms with Gasteiger partial charge in [-0.15, -0.1) is 0 Å². The maximum Gasteiger partial charge on any atom is 0.237 e. The van der Waals surface area contributed by atoms with Crippen LogP contribution in [0.4, 0.5) is 0 Å². The highest BCUT2D eigenvalue weighted by molar-refractivity contribution is 5.81. The molecule has 0 aliphatic rings. The first-order valence-corrected chi connectivity index (χ1v) is 5.84. The van der Waals surface area contributed by atoms with Crippen molar-refractivity contribution in [3.05, 3.63) is 35.9 Å². The summed E-state index contributed by atoms with van der Waals surface area (Å²) in [6.07, 6.45) is 1.39. The van der Waals surface area contributed by atoms with Crippen LogP contribution in [-0.4, -0.2) is 29.7 Å². The van der Waals surface area contributed by atoms with E-state index >= 15 is 0 Å². The van der Waals surface area contributed by atoms with E-state index in [0.717, 1.165) is 6.42 Å². The highest BCUT2D eigenvalue weighted by Gasteiger charge is 2.14. The fourth-order valence-corrected chi connectivity index (χ4v) is 1.49. The molecule has 94 valence electrons. The summed E-state index contributed by atoms with van der Waals surface area (Å²) in [5.41, 5.74) is 6.95. The van der Waals surface area contributed by atoms with Crippen LogP contribution in [0.1, 0.15) is 18.9 Å². The Hall–Kier alpha value is -1.39. The second kappa shape index (κ2) is 7.04. The molecule has 1 aromatic carbocycles. The van der Waals surface area contributed by atoms with E-state index < -0.39 is 6.04 Å². The molecule has 0 spiro atoms. The zero-order valence-electron chi connectivity index (χ0n) is 10.1. The lowest BCUT2D eigenvalue weighted by Crippen LogP contribution is -2.45. The smallest absolute Gasteiger partial charge is 0.237 e. The lowest BCUT2D eigenvalue weighted by molar-refractivity contribution is -0.123. The second-order valence-corrected chi connectivity index (χ2v) is 4.22. The summed E-state index contributed by atoms with van der Waals surface area (Å²) >= 11 is 0. The molecule has 2 atom stereocenters. The number of hydrogen-bond acceptors (Lipinski definition) is 3. The van der Waals surface area contributed by atoms with Crippen molar-refractivity contribution in [2.45, 2.75) is 31.8 Å². The molecular formula is C13H20N2O2. The van der Waals surface area contributed by atoms with Crippen LogP contribution >= 0.6 is 0 Å². The van der Waals surface area contributed by atoms with Crippen molar-refractivity contribution < 1.29 is 9.90 Å². The number of benzene rings is 1. The molecule has 0 aliphatic heterocycles. The zero-order chi connectivity index (χ0) is 12.7. The molecule has 0 aliphatic carbocycles. The highest BCUT2D eigenvalue weighted by Crippen LogP contribution is 2.04. The summed E-state index contributed by atoms with van der Waals surface area (Å²) in [7, 11) is 0. The van der Waals surface area contributed by atoms with Crippen molar-refractivity contribution in [2.24, 2.45) is 5.73 Å². The molecule has 0 radical (unpaired) electrons. The molecule has 4 heteroatoms. The lowest BCUT2D eigenvalue weighted by Gasteiger charge is -2.15. The number of aryl methyl sites for hydroxylation is 1. The summed E-state index contributed by atoms with van der Waals surface area (Å²) in [5.74, 6) is -0.206. The largest absolute Gasteiger partial charge is 0.394 e. The van der Waals surface area contributed by atoms with Gasteiger partial charge in [-0.3, -0.25) is 4.79 Å². The van der Waals surface area contributed by atoms with Gasteiger partial charge in [-0.1, -0.05) is 30.3 Å². The van der Waals surface area contributed by atoms with Crippen molar-refractivity contribution in [3.63, 3.8) is 0 Å². The number of aliphatic hydroxyl groups excluding tert-OH is 1. The molecule has 0 saturated heterocycles. The molecule has 4 N–H and O–H groups in total. The Morgan fingerprint density at radius 3 is 2.65 bits per heavy atom. The Balaban J connectivity index is 2.34. The van der Waals surface area contributed by atoms with Gasteiger partial charge >= 0.3 is 0 Å². The topological polar surface area (TPSA) is 75.3 Å². The number of amides is 1. The van der Waals surface area contributed by atoms with Crippen LogP contribution in [0.25, 0.3) is 0 Å². The molecule has 2 unspecified atom stereocenters. The van der Waals surface area contributed by atoms with Crippen LogP contribution in [0.3, 0.4) is 0 Å². The number of carbonyl (C=O) groups excluding carboxylic acids is 1. The van der Waals surface area contributed by atoms with Crippen LogP contribution in [0.15, 0.2) is 30.3 Å². The van der Waals surface area contributed by atoms with Gasteiger partial charge < -0.3 is 16.2 Å². The molecular weight excluding hydrogens is 216 g/mol. The molecule has 1 aromatic rings. The highest BCUT2D eigenvalue weighted by atomic mass is 16.3. The quantitative estimate of drug-likeness (QED) is 0.671. The van der Waals surface area contributed by atoms with E-state index in [9.17, 15) is 4.79 Å². The third kappa shape index (κ3) is 4.97. The lowest BCUT2D eigenvalue weighted by atomic mass is 10.1. The molecule has 0 aromatic heterocycles. The molecule has 0 saturated carbocycles. The van der Waals surface area contributed by atoms with Crippen molar-refractivity contribution >= 4 is 5.91 Å². The molecule has 17 heavy (non-hydrogen) atoms. The first kappa shape index (κ1) is 13.7. The van der Waals surface area contributed by atoms with E-state index in [0.29, 0.717) is 6.42 Å². The Morgan fingerprint density at radius 2 is 2.06 bits per heavy atom. The predicted octanol–water partition coefficient (Wildman–Crippen LogP) is 0.444. The van der Waals surface area contributed by atoms with Crippen molar-refractivity contribution in [2.75, 3.05) is 6.61 Å². The Kier molecular flexibility index (Phi) is 5.66. The minimum atomic E-state index is -0.524. The minimum absolute atomic E-state index is 0.0723. The van der Waals surface area contributed by atoms with Gasteiger partial charge in [0.05, 0.1) is 12.6 Å². The number of nitrogens with two attached hydrogens (primary N) is 1. The van der Waals surface area contributed by atoms with E-state index in [2.05, 4.69) is 5.32 Å². The van der Waals surface area contributed by atoms with E-state index in [1.54, 1.807) is 6.92 Å². The van der Waals surface area contributed by atoms with Gasteiger partial charge in [-0.05, 0) is 25.3 Å². The number of nitrogens with one attached hydrogen (secondary N) is 1. The molecule has 0 heterocycles. The Bertz CT molecular complexity index is 341. The summed E-state index contributed by atoms with van der Waals surface area (Å²) in [6, 6.07) is 9.15. The molecule has 0 bridgehead atoms. The number of hydrogen-bond donors (Lipinski definition) is 3. The Labute approximate surface area is 102 Å². The SMILES string of the molecule is CC(CO)NC(=O)C(N)CCc1ccccc1. The fourth-order valence-electron chi connectivity index (χ4n) is 1.49. The first-order chi connectivity index (χ1) is 8.13. The van der Waals surface area contributed by atoms with Gasteiger partial charge in [0.25, 0.3) is 0 Å². The average Bonchev–Trinajstić information content (AvgIpc) is 2.36. The number of aliphatic hydroxyl groups is 1. The number of carbonyl (C=O) groups is 1. The van der Waals surface area contributed by atoms with Crippen LogP contribution in [0.5, 0.6) is 0 Å². The number of rotatable bonds is 6. The van der Waals surface area contributed by atoms with Crippen LogP contribution in [-0.2, 0) is 11.2 Å². The van der Waals surface area contributed by atoms with Gasteiger partial charge in [0.15, 0.2) is 0 Å². The Morgan fingerprint density at radius 1 is 1.41 bits per heavy atom. The van der Waals surface area contributed by atoms with E-state index in [-0.39, 0.29) is 18.6 Å². The molecule has 4 nitrogen and oxygen atoms in total. The van der Waals surface area contributed by atoms with Gasteiger partial charge in [-0.2, -0.15) is 0 Å². The van der Waals surface area contributed by atoms with Crippen molar-refractivity contribution in [1.82, 2.24) is 5.32 Å². The van der Waals surface area contributed by atoms with Gasteiger partial charge in [-0.25, -0.2) is 0 Å². The monoisotopic (exact) mass is 236 g/mol. The van der Waals surface area contributed by atoms with Crippen molar-refractivity contribution in [3.8, 4) is 0 Å². The van der Waals surface area contributed by atoms with Crippen molar-refractivity contribution in [1.29, 1.82) is 0 Å². The molecule has 1 amide bonds. The van der Waals surface area contributed by atoms with E-state index in [1.807, 2.05) is 30.3 Å². The van der Waals surface area contributed by atoms with Crippen LogP contribution in [0.2, 0.25) is 0 Å². The fraction of sp³-hybridized carbons (Fsp3) is 0.462. The summed E-state index contributed by atoms with van der Waals surface area (Å²) in [6.45, 7) is 1.67. The van der Waals surface area contributed by atoms with E-state index in [4.69, 9.17) is 10.8 Å². The second-order valence-electron chi connectivity index (χ2n) is 4.22. The predicted molar refractivity (Wildman–Crippen MR) is 67.4 cm³/mol. The maximum absolute atomic E-state index is 11.6. The zero-order valence-corrected chi connectivity index (χ0v) is 10.1. The first-order valence-electron chi connectivity index (χ1n) is 5.84. The van der Waals surface area contributed by atoms with Crippen LogP contribution < -0.4 is 11.1 Å². The normalized spacial score (nSPS) is 14.1. The maximum atomic E-state index is 11.6. The average molecular weight is 236 g/mol. The standard InChI is InChI=1S/C13H20N2O2/c1-10(9-16)15-13(17)12(14)8-7-11-5-3-2-4-6-11/h2-6,10,12,16H,7-9,14H2,1H3,(H,15,17). The van der Waals surface area contributed by atoms with Gasteiger partial charge in [0.1, 0.15) is 0 Å². The molecule has 1 rings (SSSR count). The van der Waals surface area contributed by atoms with Gasteiger partial charge in [0, 0.05) is 6.04 Å². The van der Waals surface area contributed by atoms with Crippen LogP contribution in [0, 0.1) is 0 Å². The summed E-state index contributed by atoms with van der Waals surface area (Å²) in [5, 5.41) is 11.5. The summed E-state index contributed by atoms with van der Waals surface area (Å²) in [4.78, 5) is 11.6. The minimum Gasteiger partial charge on any atom is -0.394 e.